The van der Waals surface area contributed by atoms with E-state index in [1.807, 2.05) is 97.1 Å². The minimum atomic E-state index is -0.174. The summed E-state index contributed by atoms with van der Waals surface area (Å²) in [5, 5.41) is 0. The van der Waals surface area contributed by atoms with Crippen molar-refractivity contribution in [3.05, 3.63) is 166 Å². The fraction of sp³-hybridized carbons (Fsp3) is 0.217. The van der Waals surface area contributed by atoms with Crippen molar-refractivity contribution in [2.45, 2.75) is 62.6 Å². The van der Waals surface area contributed by atoms with Gasteiger partial charge in [-0.15, -0.1) is 0 Å². The Labute approximate surface area is 328 Å². The zero-order valence-corrected chi connectivity index (χ0v) is 31.9. The first-order chi connectivity index (χ1) is 26.8. The monoisotopic (exact) mass is 790 g/mol. The van der Waals surface area contributed by atoms with E-state index >= 15 is 0 Å². The summed E-state index contributed by atoms with van der Waals surface area (Å²) in [7, 11) is 0. The molecule has 1 unspecified atom stereocenters. The fourth-order valence-corrected chi connectivity index (χ4v) is 7.18. The van der Waals surface area contributed by atoms with E-state index < -0.39 is 0 Å². The quantitative estimate of drug-likeness (QED) is 0.0995. The minimum absolute atomic E-state index is 0.0117. The van der Waals surface area contributed by atoms with E-state index in [0.29, 0.717) is 53.4 Å². The number of benzene rings is 4. The molecule has 9 heteroatoms. The number of ketones is 4. The van der Waals surface area contributed by atoms with Gasteiger partial charge in [0.05, 0.1) is 4.83 Å². The Bertz CT molecular complexity index is 2330. The molecule has 2 heterocycles. The van der Waals surface area contributed by atoms with E-state index in [-0.39, 0.29) is 28.0 Å². The van der Waals surface area contributed by atoms with Crippen molar-refractivity contribution in [1.82, 2.24) is 19.9 Å². The summed E-state index contributed by atoms with van der Waals surface area (Å²) >= 11 is 3.41. The van der Waals surface area contributed by atoms with E-state index in [9.17, 15) is 19.2 Å². The van der Waals surface area contributed by atoms with Crippen LogP contribution in [-0.4, -0.2) is 47.9 Å². The molecule has 8 rings (SSSR count). The van der Waals surface area contributed by atoms with E-state index in [1.165, 1.54) is 0 Å². The van der Waals surface area contributed by atoms with Crippen LogP contribution < -0.4 is 0 Å². The molecule has 8 nitrogen and oxygen atoms in total. The maximum Gasteiger partial charge on any atom is 0.195 e. The highest BCUT2D eigenvalue weighted by Gasteiger charge is 2.27. The second kappa shape index (κ2) is 17.6. The molecule has 0 spiro atoms. The molecule has 2 aliphatic carbocycles. The number of halogens is 1. The molecule has 0 fully saturated rings. The number of carbonyl (C=O) groups excluding carboxylic acids is 4. The van der Waals surface area contributed by atoms with Crippen molar-refractivity contribution in [1.29, 1.82) is 0 Å². The normalized spacial score (nSPS) is 14.6. The highest BCUT2D eigenvalue weighted by Crippen LogP contribution is 2.27. The average Bonchev–Trinajstić information content (AvgIpc) is 3.24. The predicted molar refractivity (Wildman–Crippen MR) is 216 cm³/mol. The van der Waals surface area contributed by atoms with Gasteiger partial charge in [-0.2, -0.15) is 0 Å². The molecule has 0 bridgehead atoms. The molecule has 274 valence electrons. The number of hydrogen-bond donors (Lipinski definition) is 0. The Kier molecular flexibility index (Phi) is 12.0. The number of alkyl halides is 1. The summed E-state index contributed by atoms with van der Waals surface area (Å²) < 4.78 is 0. The summed E-state index contributed by atoms with van der Waals surface area (Å²) in [5.41, 5.74) is 8.18. The van der Waals surface area contributed by atoms with Crippen LogP contribution in [0.5, 0.6) is 0 Å². The number of aryl methyl sites for hydroxylation is 4. The molecule has 0 radical (unpaired) electrons. The van der Waals surface area contributed by atoms with Crippen LogP contribution in [0.1, 0.15) is 96.1 Å². The Morgan fingerprint density at radius 1 is 0.582 bits per heavy atom. The van der Waals surface area contributed by atoms with Gasteiger partial charge in [-0.3, -0.25) is 19.2 Å². The van der Waals surface area contributed by atoms with Gasteiger partial charge in [-0.25, -0.2) is 19.9 Å². The first-order valence-corrected chi connectivity index (χ1v) is 19.5. The van der Waals surface area contributed by atoms with Gasteiger partial charge in [-0.05, 0) is 60.8 Å². The second-order valence-electron chi connectivity index (χ2n) is 13.8. The molecule has 1 atom stereocenters. The zero-order valence-electron chi connectivity index (χ0n) is 30.3. The molecular weight excluding hydrogens is 752 g/mol. The lowest BCUT2D eigenvalue weighted by atomic mass is 9.96. The first-order valence-electron chi connectivity index (χ1n) is 18.6. The average molecular weight is 792 g/mol. The van der Waals surface area contributed by atoms with Crippen LogP contribution in [0.25, 0.3) is 22.8 Å². The lowest BCUT2D eigenvalue weighted by Crippen LogP contribution is -2.24. The second-order valence-corrected chi connectivity index (χ2v) is 14.9. The van der Waals surface area contributed by atoms with E-state index in [2.05, 4.69) is 35.9 Å². The number of nitrogens with zero attached hydrogens (tertiary/aromatic N) is 4. The Morgan fingerprint density at radius 3 is 1.56 bits per heavy atom. The van der Waals surface area contributed by atoms with Crippen molar-refractivity contribution >= 4 is 39.1 Å². The van der Waals surface area contributed by atoms with Gasteiger partial charge in [0.2, 0.25) is 0 Å². The lowest BCUT2D eigenvalue weighted by molar-refractivity contribution is 0.0961. The maximum absolute atomic E-state index is 12.5. The summed E-state index contributed by atoms with van der Waals surface area (Å²) in [4.78, 5) is 66.9. The summed E-state index contributed by atoms with van der Waals surface area (Å²) in [6.07, 6.45) is 9.76. The Balaban J connectivity index is 0.000000169. The van der Waals surface area contributed by atoms with Crippen LogP contribution in [0.15, 0.2) is 122 Å². The van der Waals surface area contributed by atoms with Crippen molar-refractivity contribution in [3.63, 3.8) is 0 Å². The topological polar surface area (TPSA) is 120 Å². The third kappa shape index (κ3) is 9.30. The van der Waals surface area contributed by atoms with Gasteiger partial charge in [0.1, 0.15) is 11.4 Å². The molecule has 0 amide bonds. The van der Waals surface area contributed by atoms with Gasteiger partial charge in [-0.1, -0.05) is 125 Å². The van der Waals surface area contributed by atoms with Crippen LogP contribution in [0.3, 0.4) is 0 Å². The number of fused-ring (bicyclic) bond motifs is 2. The van der Waals surface area contributed by atoms with Crippen LogP contribution in [0, 0.1) is 0 Å². The molecule has 55 heavy (non-hydrogen) atoms. The fourth-order valence-electron chi connectivity index (χ4n) is 6.74. The van der Waals surface area contributed by atoms with E-state index in [4.69, 9.17) is 0 Å². The summed E-state index contributed by atoms with van der Waals surface area (Å²) in [6, 6.07) is 34.6. The molecule has 2 aromatic heterocycles. The molecule has 6 aromatic rings. The smallest absolute Gasteiger partial charge is 0.195 e. The number of rotatable bonds is 10. The Hall–Kier alpha value is -5.80. The largest absolute Gasteiger partial charge is 0.294 e. The van der Waals surface area contributed by atoms with Crippen molar-refractivity contribution in [2.75, 3.05) is 0 Å². The lowest BCUT2D eigenvalue weighted by Gasteiger charge is -2.18. The minimum Gasteiger partial charge on any atom is -0.294 e. The zero-order chi connectivity index (χ0) is 38.1. The third-order valence-electron chi connectivity index (χ3n) is 9.93. The SMILES string of the molecule is O=C(CCc1ccccc1)c1ccc(-c2ncc3c(n2)C(=O)C(Br)CC3)cc1.O=C(CCc1ccccc1)c1ccc(-c2ncc3c(n2)C(=O)CCC3)cc1. The Morgan fingerprint density at radius 2 is 1.05 bits per heavy atom. The van der Waals surface area contributed by atoms with Gasteiger partial charge >= 0.3 is 0 Å². The van der Waals surface area contributed by atoms with Crippen LogP contribution in [-0.2, 0) is 25.7 Å². The molecular formula is C46H39BrN4O4. The molecule has 0 saturated carbocycles. The van der Waals surface area contributed by atoms with Crippen molar-refractivity contribution in [2.24, 2.45) is 0 Å². The molecule has 2 aliphatic rings. The van der Waals surface area contributed by atoms with E-state index in [0.717, 1.165) is 71.9 Å². The molecule has 4 aromatic carbocycles. The first kappa shape index (κ1) is 37.5. The molecule has 0 aliphatic heterocycles. The molecule has 0 saturated heterocycles. The highest BCUT2D eigenvalue weighted by atomic mass is 79.9. The van der Waals surface area contributed by atoms with Crippen LogP contribution in [0.2, 0.25) is 0 Å². The number of aromatic nitrogens is 4. The van der Waals surface area contributed by atoms with Crippen molar-refractivity contribution in [3.8, 4) is 22.8 Å². The van der Waals surface area contributed by atoms with Gasteiger partial charge in [0.15, 0.2) is 34.8 Å². The number of carbonyl (C=O) groups is 4. The van der Waals surface area contributed by atoms with E-state index in [1.54, 1.807) is 24.5 Å². The summed E-state index contributed by atoms with van der Waals surface area (Å²) in [6.45, 7) is 0. The number of hydrogen-bond acceptors (Lipinski definition) is 8. The standard InChI is InChI=1S/C23H19BrN2O2.C23H20N2O2/c24-19-12-11-18-14-25-23(26-21(18)22(19)28)17-9-7-16(8-10-17)20(27)13-6-15-4-2-1-3-5-15;26-20(14-9-16-5-2-1-3-6-16)17-10-12-18(13-11-17)23-24-15-19-7-4-8-21(27)22(19)25-23/h1-5,7-10,14,19H,6,11-13H2;1-3,5-6,10-13,15H,4,7-9,14H2. The predicted octanol–water partition coefficient (Wildman–Crippen LogP) is 9.33. The molecule has 0 N–H and O–H groups in total. The van der Waals surface area contributed by atoms with Gasteiger partial charge in [0, 0.05) is 53.9 Å². The number of Topliss-reactive ketones (excluding diaryl/α,β-unsaturated/α-hetero) is 4. The maximum atomic E-state index is 12.5. The third-order valence-corrected chi connectivity index (χ3v) is 10.8. The van der Waals surface area contributed by atoms with Gasteiger partial charge < -0.3 is 0 Å². The van der Waals surface area contributed by atoms with Gasteiger partial charge in [0.25, 0.3) is 0 Å². The van der Waals surface area contributed by atoms with Crippen molar-refractivity contribution < 1.29 is 19.2 Å². The highest BCUT2D eigenvalue weighted by molar-refractivity contribution is 9.10. The summed E-state index contributed by atoms with van der Waals surface area (Å²) in [5.74, 6) is 1.38. The van der Waals surface area contributed by atoms with Crippen LogP contribution in [0.4, 0.5) is 0 Å². The van der Waals surface area contributed by atoms with Crippen LogP contribution >= 0.6 is 15.9 Å².